The molecule has 0 amide bonds. The molecule has 140 valence electrons. The van der Waals surface area contributed by atoms with Crippen molar-refractivity contribution in [3.8, 4) is 0 Å². The van der Waals surface area contributed by atoms with Crippen LogP contribution in [0.5, 0.6) is 0 Å². The average molecular weight is 439 g/mol. The molecule has 2 rings (SSSR count). The lowest BCUT2D eigenvalue weighted by atomic mass is 10.2. The molecule has 0 aromatic heterocycles. The summed E-state index contributed by atoms with van der Waals surface area (Å²) in [5, 5.41) is 3.29. The zero-order chi connectivity index (χ0) is 19.2. The first-order valence-electron chi connectivity index (χ1n) is 8.04. The highest BCUT2D eigenvalue weighted by Crippen LogP contribution is 2.12. The molecule has 0 aliphatic heterocycles. The Morgan fingerprint density at radius 1 is 1.08 bits per heavy atom. The number of halogens is 1. The number of aliphatic imine (C=N–C) groups is 1. The third kappa shape index (κ3) is 5.55. The second kappa shape index (κ2) is 9.16. The van der Waals surface area contributed by atoms with Crippen LogP contribution in [0.1, 0.15) is 11.1 Å². The van der Waals surface area contributed by atoms with Crippen LogP contribution in [0.4, 0.5) is 0 Å². The number of nitrogens with one attached hydrogen (secondary N) is 2. The van der Waals surface area contributed by atoms with Crippen LogP contribution in [0.2, 0.25) is 0 Å². The van der Waals surface area contributed by atoms with E-state index in [1.165, 1.54) is 12.6 Å². The SMILES string of the molecule is CN=C(NCc1ccc(S(=O)(=O)NC)cc1)N(C)Cc1ccc(Br)cc1. The van der Waals surface area contributed by atoms with E-state index >= 15 is 0 Å². The van der Waals surface area contributed by atoms with Gasteiger partial charge in [0, 0.05) is 31.7 Å². The molecule has 2 aromatic rings. The van der Waals surface area contributed by atoms with Crippen molar-refractivity contribution in [3.63, 3.8) is 0 Å². The first-order chi connectivity index (χ1) is 12.4. The smallest absolute Gasteiger partial charge is 0.240 e. The minimum Gasteiger partial charge on any atom is -0.352 e. The van der Waals surface area contributed by atoms with Gasteiger partial charge in [-0.1, -0.05) is 40.2 Å². The van der Waals surface area contributed by atoms with E-state index in [1.807, 2.05) is 24.1 Å². The summed E-state index contributed by atoms with van der Waals surface area (Å²) < 4.78 is 26.9. The molecule has 26 heavy (non-hydrogen) atoms. The van der Waals surface area contributed by atoms with Crippen molar-refractivity contribution in [2.24, 2.45) is 4.99 Å². The van der Waals surface area contributed by atoms with Crippen LogP contribution in [0, 0.1) is 0 Å². The third-order valence-corrected chi connectivity index (χ3v) is 5.82. The maximum atomic E-state index is 11.8. The minimum atomic E-state index is -3.41. The van der Waals surface area contributed by atoms with Crippen molar-refractivity contribution in [3.05, 3.63) is 64.1 Å². The summed E-state index contributed by atoms with van der Waals surface area (Å²) in [6.07, 6.45) is 0. The van der Waals surface area contributed by atoms with E-state index in [2.05, 4.69) is 43.1 Å². The molecule has 0 aliphatic carbocycles. The number of guanidine groups is 1. The Labute approximate surface area is 163 Å². The highest BCUT2D eigenvalue weighted by Gasteiger charge is 2.11. The van der Waals surface area contributed by atoms with Gasteiger partial charge < -0.3 is 10.2 Å². The summed E-state index contributed by atoms with van der Waals surface area (Å²) in [4.78, 5) is 6.58. The van der Waals surface area contributed by atoms with Crippen LogP contribution in [0.3, 0.4) is 0 Å². The summed E-state index contributed by atoms with van der Waals surface area (Å²) in [6, 6.07) is 14.9. The van der Waals surface area contributed by atoms with Gasteiger partial charge in [0.05, 0.1) is 4.90 Å². The maximum absolute atomic E-state index is 11.8. The van der Waals surface area contributed by atoms with Gasteiger partial charge in [-0.3, -0.25) is 4.99 Å². The molecule has 0 saturated carbocycles. The standard InChI is InChI=1S/C18H23BrN4O2S/c1-20-18(23(3)13-15-4-8-16(19)9-5-15)22-12-14-6-10-17(11-7-14)26(24,25)21-2/h4-11,21H,12-13H2,1-3H3,(H,20,22). The molecule has 0 saturated heterocycles. The van der Waals surface area contributed by atoms with Crippen LogP contribution >= 0.6 is 15.9 Å². The number of benzene rings is 2. The van der Waals surface area contributed by atoms with E-state index in [4.69, 9.17) is 0 Å². The Morgan fingerprint density at radius 3 is 2.19 bits per heavy atom. The molecular formula is C18H23BrN4O2S. The molecule has 0 fully saturated rings. The lowest BCUT2D eigenvalue weighted by Crippen LogP contribution is -2.38. The maximum Gasteiger partial charge on any atom is 0.240 e. The van der Waals surface area contributed by atoms with Crippen molar-refractivity contribution in [1.82, 2.24) is 14.9 Å². The van der Waals surface area contributed by atoms with E-state index in [-0.39, 0.29) is 4.90 Å². The molecule has 2 aromatic carbocycles. The zero-order valence-corrected chi connectivity index (χ0v) is 17.4. The predicted molar refractivity (Wildman–Crippen MR) is 108 cm³/mol. The van der Waals surface area contributed by atoms with Crippen LogP contribution in [-0.2, 0) is 23.1 Å². The highest BCUT2D eigenvalue weighted by atomic mass is 79.9. The van der Waals surface area contributed by atoms with Gasteiger partial charge in [-0.15, -0.1) is 0 Å². The first-order valence-corrected chi connectivity index (χ1v) is 10.3. The lowest BCUT2D eigenvalue weighted by Gasteiger charge is -2.22. The number of rotatable bonds is 6. The van der Waals surface area contributed by atoms with Crippen molar-refractivity contribution >= 4 is 31.9 Å². The second-order valence-corrected chi connectivity index (χ2v) is 8.54. The van der Waals surface area contributed by atoms with E-state index in [0.29, 0.717) is 6.54 Å². The predicted octanol–water partition coefficient (Wildman–Crippen LogP) is 2.56. The number of hydrogen-bond donors (Lipinski definition) is 2. The van der Waals surface area contributed by atoms with E-state index in [0.717, 1.165) is 22.5 Å². The zero-order valence-electron chi connectivity index (χ0n) is 15.0. The summed E-state index contributed by atoms with van der Waals surface area (Å²) in [7, 11) is 1.70. The minimum absolute atomic E-state index is 0.250. The normalized spacial score (nSPS) is 12.1. The van der Waals surface area contributed by atoms with Gasteiger partial charge in [0.25, 0.3) is 0 Å². The Hall–Kier alpha value is -1.90. The Kier molecular flexibility index (Phi) is 7.19. The van der Waals surface area contributed by atoms with Gasteiger partial charge >= 0.3 is 0 Å². The van der Waals surface area contributed by atoms with Gasteiger partial charge in [0.15, 0.2) is 5.96 Å². The fourth-order valence-electron chi connectivity index (χ4n) is 2.41. The molecule has 8 heteroatoms. The number of sulfonamides is 1. The van der Waals surface area contributed by atoms with Crippen molar-refractivity contribution < 1.29 is 8.42 Å². The molecule has 0 aliphatic rings. The third-order valence-electron chi connectivity index (χ3n) is 3.86. The van der Waals surface area contributed by atoms with E-state index in [9.17, 15) is 8.42 Å². The van der Waals surface area contributed by atoms with Gasteiger partial charge in [0.1, 0.15) is 0 Å². The van der Waals surface area contributed by atoms with Crippen LogP contribution in [0.15, 0.2) is 62.9 Å². The molecule has 0 spiro atoms. The molecule has 2 N–H and O–H groups in total. The highest BCUT2D eigenvalue weighted by molar-refractivity contribution is 9.10. The summed E-state index contributed by atoms with van der Waals surface area (Å²) in [6.45, 7) is 1.28. The Morgan fingerprint density at radius 2 is 1.65 bits per heavy atom. The number of nitrogens with zero attached hydrogens (tertiary/aromatic N) is 2. The van der Waals surface area contributed by atoms with Crippen LogP contribution in [-0.4, -0.2) is 40.4 Å². The molecule has 0 atom stereocenters. The quantitative estimate of drug-likeness (QED) is 0.536. The van der Waals surface area contributed by atoms with Gasteiger partial charge in [-0.25, -0.2) is 13.1 Å². The van der Waals surface area contributed by atoms with Crippen LogP contribution in [0.25, 0.3) is 0 Å². The molecule has 0 bridgehead atoms. The largest absolute Gasteiger partial charge is 0.352 e. The van der Waals surface area contributed by atoms with Crippen molar-refractivity contribution in [2.75, 3.05) is 21.1 Å². The van der Waals surface area contributed by atoms with Gasteiger partial charge in [0.2, 0.25) is 10.0 Å². The fraction of sp³-hybridized carbons (Fsp3) is 0.278. The summed E-state index contributed by atoms with van der Waals surface area (Å²) >= 11 is 3.44. The van der Waals surface area contributed by atoms with Crippen molar-refractivity contribution in [2.45, 2.75) is 18.0 Å². The summed E-state index contributed by atoms with van der Waals surface area (Å²) in [5.41, 5.74) is 2.15. The van der Waals surface area contributed by atoms with E-state index in [1.54, 1.807) is 31.3 Å². The van der Waals surface area contributed by atoms with Crippen LogP contribution < -0.4 is 10.0 Å². The molecule has 6 nitrogen and oxygen atoms in total. The Balaban J connectivity index is 1.96. The van der Waals surface area contributed by atoms with E-state index < -0.39 is 10.0 Å². The molecular weight excluding hydrogens is 416 g/mol. The average Bonchev–Trinajstić information content (AvgIpc) is 2.64. The second-order valence-electron chi connectivity index (χ2n) is 5.73. The monoisotopic (exact) mass is 438 g/mol. The fourth-order valence-corrected chi connectivity index (χ4v) is 3.40. The topological polar surface area (TPSA) is 73.8 Å². The molecule has 0 unspecified atom stereocenters. The first kappa shape index (κ1) is 20.4. The van der Waals surface area contributed by atoms with Gasteiger partial charge in [-0.2, -0.15) is 0 Å². The van der Waals surface area contributed by atoms with Crippen molar-refractivity contribution in [1.29, 1.82) is 0 Å². The number of hydrogen-bond acceptors (Lipinski definition) is 3. The molecule has 0 heterocycles. The molecule has 0 radical (unpaired) electrons. The lowest BCUT2D eigenvalue weighted by molar-refractivity contribution is 0.476. The Bertz CT molecular complexity index is 850. The van der Waals surface area contributed by atoms with Gasteiger partial charge in [-0.05, 0) is 42.4 Å². The summed E-state index contributed by atoms with van der Waals surface area (Å²) in [5.74, 6) is 0.764.